The van der Waals surface area contributed by atoms with Gasteiger partial charge in [0, 0.05) is 22.7 Å². The number of amides is 2. The molecule has 1 fully saturated rings. The van der Waals surface area contributed by atoms with Crippen LogP contribution in [0.1, 0.15) is 11.5 Å². The van der Waals surface area contributed by atoms with Crippen LogP contribution < -0.4 is 11.1 Å². The van der Waals surface area contributed by atoms with Crippen LogP contribution in [0, 0.1) is 0 Å². The molecule has 4 heterocycles. The summed E-state index contributed by atoms with van der Waals surface area (Å²) >= 11 is 3.25. The van der Waals surface area contributed by atoms with Crippen molar-refractivity contribution < 1.29 is 24.7 Å². The number of carboxylic acids is 1. The van der Waals surface area contributed by atoms with Crippen LogP contribution in [-0.2, 0) is 14.4 Å². The molecule has 0 aliphatic carbocycles. The zero-order valence-electron chi connectivity index (χ0n) is 15.2. The van der Waals surface area contributed by atoms with Gasteiger partial charge in [-0.05, 0) is 23.2 Å². The van der Waals surface area contributed by atoms with Gasteiger partial charge in [0.05, 0.1) is 5.69 Å². The monoisotopic (exact) mass is 480 g/mol. The van der Waals surface area contributed by atoms with Gasteiger partial charge in [0.15, 0.2) is 5.13 Å². The van der Waals surface area contributed by atoms with E-state index in [1.54, 1.807) is 17.5 Å². The fourth-order valence-corrected chi connectivity index (χ4v) is 5.11. The molecule has 2 aliphatic rings. The molecule has 0 saturated carbocycles. The van der Waals surface area contributed by atoms with Crippen molar-refractivity contribution in [3.05, 3.63) is 34.2 Å². The number of nitrogen functional groups attached to an aromatic ring is 1. The first kappa shape index (κ1) is 20.9. The minimum absolute atomic E-state index is 0.0722. The van der Waals surface area contributed by atoms with Gasteiger partial charge in [-0.15, -0.1) is 16.9 Å². The van der Waals surface area contributed by atoms with E-state index >= 15 is 0 Å². The Balaban J connectivity index is 1.52. The number of carbonyl (C=O) groups is 3. The van der Waals surface area contributed by atoms with Gasteiger partial charge in [-0.2, -0.15) is 9.36 Å². The topological polar surface area (TPSA) is 197 Å². The van der Waals surface area contributed by atoms with Gasteiger partial charge in [0.25, 0.3) is 11.8 Å². The van der Waals surface area contributed by atoms with E-state index in [9.17, 15) is 19.5 Å². The Morgan fingerprint density at radius 3 is 2.81 bits per heavy atom. The van der Waals surface area contributed by atoms with Crippen molar-refractivity contribution in [3.8, 4) is 0 Å². The summed E-state index contributed by atoms with van der Waals surface area (Å²) in [7, 11) is 0. The molecule has 31 heavy (non-hydrogen) atoms. The van der Waals surface area contributed by atoms with Crippen LogP contribution in [0.15, 0.2) is 27.9 Å². The fraction of sp³-hybridized carbons (Fsp3) is 0.200. The second-order valence-corrected chi connectivity index (χ2v) is 8.61. The third-order valence-corrected chi connectivity index (χ3v) is 6.66. The maximum absolute atomic E-state index is 12.7. The summed E-state index contributed by atoms with van der Waals surface area (Å²) in [6, 6.07) is -1.01. The second kappa shape index (κ2) is 8.40. The van der Waals surface area contributed by atoms with Crippen LogP contribution in [0.4, 0.5) is 5.13 Å². The Labute approximate surface area is 185 Å². The summed E-state index contributed by atoms with van der Waals surface area (Å²) < 4.78 is 7.53. The van der Waals surface area contributed by atoms with Crippen molar-refractivity contribution in [2.24, 2.45) is 5.16 Å². The predicted molar refractivity (Wildman–Crippen MR) is 111 cm³/mol. The van der Waals surface area contributed by atoms with Crippen LogP contribution in [0.25, 0.3) is 6.08 Å². The highest BCUT2D eigenvalue weighted by molar-refractivity contribution is 8.00. The number of aliphatic carboxylic acids is 1. The number of nitrogens with one attached hydrogen (secondary N) is 1. The number of oxime groups is 1. The third-order valence-electron chi connectivity index (χ3n) is 4.29. The molecule has 2 atom stereocenters. The van der Waals surface area contributed by atoms with Gasteiger partial charge in [-0.3, -0.25) is 14.5 Å². The van der Waals surface area contributed by atoms with E-state index in [1.165, 1.54) is 11.8 Å². The van der Waals surface area contributed by atoms with E-state index in [2.05, 4.69) is 29.4 Å². The molecule has 5 N–H and O–H groups in total. The zero-order valence-corrected chi connectivity index (χ0v) is 17.6. The Bertz CT molecular complexity index is 1140. The average Bonchev–Trinajstić information content (AvgIpc) is 3.42. The highest BCUT2D eigenvalue weighted by Crippen LogP contribution is 2.40. The van der Waals surface area contributed by atoms with Crippen molar-refractivity contribution >= 4 is 69.5 Å². The largest absolute Gasteiger partial charge is 0.477 e. The molecule has 2 amide bonds. The van der Waals surface area contributed by atoms with E-state index in [-0.39, 0.29) is 16.7 Å². The van der Waals surface area contributed by atoms with Gasteiger partial charge in [0.1, 0.15) is 17.1 Å². The number of hydrogen-bond donors (Lipinski definition) is 4. The maximum atomic E-state index is 12.7. The first-order chi connectivity index (χ1) is 14.9. The van der Waals surface area contributed by atoms with Crippen molar-refractivity contribution in [1.29, 1.82) is 0 Å². The molecule has 0 spiro atoms. The standard InChI is InChI=1S/C15H12N8O5S3/c16-15-18-10(21-31-15)7(20-28)11(24)17-8-12(25)23-9(14(26)27)5(3-29-13(8)23)1-2-6-4-30-22-19-6/h1-2,4,8,13,28H,3H2,(H,17,24)(H,26,27)(H2,16,18,21)/b2-1+,20-7+/t8-,13-/m1/s1. The number of thioether (sulfide) groups is 1. The molecule has 2 aromatic heterocycles. The minimum Gasteiger partial charge on any atom is -0.477 e. The third kappa shape index (κ3) is 3.87. The molecule has 13 nitrogen and oxygen atoms in total. The van der Waals surface area contributed by atoms with Crippen molar-refractivity contribution in [2.75, 3.05) is 11.5 Å². The van der Waals surface area contributed by atoms with E-state index in [0.717, 1.165) is 28.0 Å². The van der Waals surface area contributed by atoms with Crippen molar-refractivity contribution in [3.63, 3.8) is 0 Å². The summed E-state index contributed by atoms with van der Waals surface area (Å²) in [6.07, 6.45) is 3.19. The number of nitrogens with zero attached hydrogens (tertiary/aromatic N) is 6. The number of β-lactam (4-membered cyclic amide) rings is 1. The smallest absolute Gasteiger partial charge is 0.352 e. The Morgan fingerprint density at radius 2 is 2.19 bits per heavy atom. The molecule has 16 heteroatoms. The molecule has 2 aliphatic heterocycles. The lowest BCUT2D eigenvalue weighted by atomic mass is 10.0. The first-order valence-corrected chi connectivity index (χ1v) is 11.0. The summed E-state index contributed by atoms with van der Waals surface area (Å²) in [5.74, 6) is -2.65. The highest BCUT2D eigenvalue weighted by Gasteiger charge is 2.54. The van der Waals surface area contributed by atoms with Crippen LogP contribution in [-0.4, -0.2) is 74.8 Å². The lowest BCUT2D eigenvalue weighted by molar-refractivity contribution is -0.150. The Hall–Kier alpha value is -3.37. The van der Waals surface area contributed by atoms with Gasteiger partial charge < -0.3 is 21.4 Å². The van der Waals surface area contributed by atoms with Gasteiger partial charge >= 0.3 is 5.97 Å². The number of aromatic nitrogens is 4. The number of carboxylic acid groups (broad SMARTS) is 1. The molecule has 0 unspecified atom stereocenters. The number of hydrogen-bond acceptors (Lipinski definition) is 13. The average molecular weight is 481 g/mol. The summed E-state index contributed by atoms with van der Waals surface area (Å²) in [5.41, 5.74) is 5.80. The molecule has 0 radical (unpaired) electrons. The molecule has 1 saturated heterocycles. The van der Waals surface area contributed by atoms with Crippen LogP contribution in [0.5, 0.6) is 0 Å². The second-order valence-electron chi connectivity index (χ2n) is 6.11. The Morgan fingerprint density at radius 1 is 1.39 bits per heavy atom. The summed E-state index contributed by atoms with van der Waals surface area (Å²) in [6.45, 7) is 0. The number of rotatable bonds is 6. The number of carbonyl (C=O) groups excluding carboxylic acids is 2. The fourth-order valence-electron chi connectivity index (χ4n) is 2.93. The molecular weight excluding hydrogens is 468 g/mol. The number of allylic oxidation sites excluding steroid dienone is 1. The molecule has 0 aromatic carbocycles. The molecular formula is C15H12N8O5S3. The van der Waals surface area contributed by atoms with E-state index in [0.29, 0.717) is 17.0 Å². The van der Waals surface area contributed by atoms with Gasteiger partial charge in [0.2, 0.25) is 11.5 Å². The van der Waals surface area contributed by atoms with E-state index in [1.807, 2.05) is 0 Å². The zero-order chi connectivity index (χ0) is 22.1. The lowest BCUT2D eigenvalue weighted by Gasteiger charge is -2.49. The molecule has 0 bridgehead atoms. The number of anilines is 1. The molecule has 160 valence electrons. The van der Waals surface area contributed by atoms with Crippen molar-refractivity contribution in [1.82, 2.24) is 29.2 Å². The normalized spacial score (nSPS) is 21.2. The number of fused-ring (bicyclic) bond motifs is 1. The maximum Gasteiger partial charge on any atom is 0.352 e. The van der Waals surface area contributed by atoms with Gasteiger partial charge in [-0.25, -0.2) is 4.79 Å². The quantitative estimate of drug-likeness (QED) is 0.182. The van der Waals surface area contributed by atoms with Crippen LogP contribution in [0.2, 0.25) is 0 Å². The van der Waals surface area contributed by atoms with E-state index < -0.39 is 34.9 Å². The predicted octanol–water partition coefficient (Wildman–Crippen LogP) is -0.398. The highest BCUT2D eigenvalue weighted by atomic mass is 32.2. The van der Waals surface area contributed by atoms with Crippen molar-refractivity contribution in [2.45, 2.75) is 11.4 Å². The van der Waals surface area contributed by atoms with Gasteiger partial charge in [-0.1, -0.05) is 15.7 Å². The molecule has 2 aromatic rings. The van der Waals surface area contributed by atoms with Crippen LogP contribution >= 0.6 is 34.8 Å². The molecule has 4 rings (SSSR count). The first-order valence-electron chi connectivity index (χ1n) is 8.39. The Kier molecular flexibility index (Phi) is 5.66. The number of nitrogens with two attached hydrogens (primary N) is 1. The summed E-state index contributed by atoms with van der Waals surface area (Å²) in [5, 5.41) is 29.2. The summed E-state index contributed by atoms with van der Waals surface area (Å²) in [4.78, 5) is 41.9. The lowest BCUT2D eigenvalue weighted by Crippen LogP contribution is -2.71. The van der Waals surface area contributed by atoms with Crippen LogP contribution in [0.3, 0.4) is 0 Å². The van der Waals surface area contributed by atoms with E-state index in [4.69, 9.17) is 10.9 Å². The SMILES string of the molecule is Nc1nc(/C(=N\O)C(=O)N[C@@H]2C(=O)N3C(C(=O)O)=C(/C=C/c4csnn4)CS[C@H]23)ns1. The minimum atomic E-state index is -1.26.